The Hall–Kier alpha value is -0.0800. The molecule has 0 aliphatic rings. The van der Waals surface area contributed by atoms with Gasteiger partial charge in [-0.25, -0.2) is 0 Å². The summed E-state index contributed by atoms with van der Waals surface area (Å²) in [6.07, 6.45) is 2.52. The van der Waals surface area contributed by atoms with Crippen molar-refractivity contribution in [1.29, 1.82) is 0 Å². The second kappa shape index (κ2) is 8.25. The standard InChI is InChI=1S/C12H28N2/c1-6-12(4)13-8-10-14(5)9-7-11(2)3/h11-13H,6-10H2,1-5H3. The van der Waals surface area contributed by atoms with Gasteiger partial charge in [-0.05, 0) is 39.3 Å². The van der Waals surface area contributed by atoms with Crippen LogP contribution in [0.25, 0.3) is 0 Å². The molecule has 2 heteroatoms. The predicted octanol–water partition coefficient (Wildman–Crippen LogP) is 2.35. The Morgan fingerprint density at radius 2 is 1.79 bits per heavy atom. The van der Waals surface area contributed by atoms with E-state index in [0.29, 0.717) is 6.04 Å². The van der Waals surface area contributed by atoms with Crippen LogP contribution in [0.15, 0.2) is 0 Å². The molecule has 0 heterocycles. The summed E-state index contributed by atoms with van der Waals surface area (Å²) in [5.74, 6) is 0.819. The molecule has 0 fully saturated rings. The molecule has 0 aromatic heterocycles. The summed E-state index contributed by atoms with van der Waals surface area (Å²) < 4.78 is 0. The molecule has 0 saturated heterocycles. The van der Waals surface area contributed by atoms with Crippen molar-refractivity contribution in [3.63, 3.8) is 0 Å². The lowest BCUT2D eigenvalue weighted by molar-refractivity contribution is 0.303. The molecule has 0 aliphatic carbocycles. The highest BCUT2D eigenvalue weighted by Crippen LogP contribution is 1.99. The van der Waals surface area contributed by atoms with E-state index in [0.717, 1.165) is 19.0 Å². The van der Waals surface area contributed by atoms with Crippen LogP contribution in [0, 0.1) is 5.92 Å². The minimum absolute atomic E-state index is 0.661. The molecular formula is C12H28N2. The van der Waals surface area contributed by atoms with Crippen molar-refractivity contribution in [2.45, 2.75) is 46.6 Å². The minimum atomic E-state index is 0.661. The largest absolute Gasteiger partial charge is 0.313 e. The summed E-state index contributed by atoms with van der Waals surface area (Å²) >= 11 is 0. The Kier molecular flexibility index (Phi) is 8.20. The second-order valence-corrected chi connectivity index (χ2v) is 4.75. The maximum absolute atomic E-state index is 3.51. The van der Waals surface area contributed by atoms with Gasteiger partial charge in [-0.3, -0.25) is 0 Å². The van der Waals surface area contributed by atoms with E-state index in [1.165, 1.54) is 19.4 Å². The number of nitrogens with zero attached hydrogens (tertiary/aromatic N) is 1. The van der Waals surface area contributed by atoms with Crippen LogP contribution in [-0.4, -0.2) is 37.6 Å². The van der Waals surface area contributed by atoms with E-state index in [-0.39, 0.29) is 0 Å². The Morgan fingerprint density at radius 3 is 2.29 bits per heavy atom. The number of hydrogen-bond acceptors (Lipinski definition) is 2. The molecule has 0 rings (SSSR count). The summed E-state index contributed by atoms with van der Waals surface area (Å²) in [5.41, 5.74) is 0. The average molecular weight is 200 g/mol. The third kappa shape index (κ3) is 8.52. The highest BCUT2D eigenvalue weighted by Gasteiger charge is 2.01. The van der Waals surface area contributed by atoms with Crippen molar-refractivity contribution in [2.24, 2.45) is 5.92 Å². The van der Waals surface area contributed by atoms with Gasteiger partial charge in [0.1, 0.15) is 0 Å². The molecule has 1 unspecified atom stereocenters. The van der Waals surface area contributed by atoms with Gasteiger partial charge in [-0.2, -0.15) is 0 Å². The maximum Gasteiger partial charge on any atom is 0.0104 e. The lowest BCUT2D eigenvalue weighted by Gasteiger charge is -2.19. The molecule has 0 saturated carbocycles. The van der Waals surface area contributed by atoms with E-state index in [2.05, 4.69) is 45.0 Å². The van der Waals surface area contributed by atoms with Crippen molar-refractivity contribution in [3.05, 3.63) is 0 Å². The molecule has 1 N–H and O–H groups in total. The lowest BCUT2D eigenvalue weighted by atomic mass is 10.1. The van der Waals surface area contributed by atoms with Gasteiger partial charge in [-0.15, -0.1) is 0 Å². The van der Waals surface area contributed by atoms with Crippen LogP contribution >= 0.6 is 0 Å². The van der Waals surface area contributed by atoms with E-state index in [9.17, 15) is 0 Å². The first-order chi connectivity index (χ1) is 6.56. The zero-order valence-electron chi connectivity index (χ0n) is 10.6. The molecule has 0 aromatic rings. The van der Waals surface area contributed by atoms with E-state index in [4.69, 9.17) is 0 Å². The minimum Gasteiger partial charge on any atom is -0.313 e. The Bertz CT molecular complexity index is 123. The molecular weight excluding hydrogens is 172 g/mol. The zero-order chi connectivity index (χ0) is 11.0. The van der Waals surface area contributed by atoms with Crippen LogP contribution in [0.4, 0.5) is 0 Å². The van der Waals surface area contributed by atoms with Crippen molar-refractivity contribution in [1.82, 2.24) is 10.2 Å². The van der Waals surface area contributed by atoms with E-state index in [1.54, 1.807) is 0 Å². The van der Waals surface area contributed by atoms with Gasteiger partial charge in [0.15, 0.2) is 0 Å². The summed E-state index contributed by atoms with van der Waals surface area (Å²) in [6.45, 7) is 12.5. The fourth-order valence-electron chi connectivity index (χ4n) is 1.24. The maximum atomic E-state index is 3.51. The van der Waals surface area contributed by atoms with Crippen molar-refractivity contribution < 1.29 is 0 Å². The van der Waals surface area contributed by atoms with Crippen LogP contribution in [0.2, 0.25) is 0 Å². The average Bonchev–Trinajstić information content (AvgIpc) is 2.14. The fraction of sp³-hybridized carbons (Fsp3) is 1.00. The smallest absolute Gasteiger partial charge is 0.0104 e. The molecule has 0 amide bonds. The Labute approximate surface area is 90.1 Å². The van der Waals surface area contributed by atoms with Crippen LogP contribution in [0.3, 0.4) is 0 Å². The summed E-state index contributed by atoms with van der Waals surface area (Å²) in [4.78, 5) is 2.41. The molecule has 2 nitrogen and oxygen atoms in total. The van der Waals surface area contributed by atoms with Crippen molar-refractivity contribution in [2.75, 3.05) is 26.7 Å². The van der Waals surface area contributed by atoms with Gasteiger partial charge in [0.25, 0.3) is 0 Å². The van der Waals surface area contributed by atoms with Crippen LogP contribution in [-0.2, 0) is 0 Å². The van der Waals surface area contributed by atoms with Gasteiger partial charge < -0.3 is 10.2 Å². The first kappa shape index (κ1) is 13.9. The third-order valence-electron chi connectivity index (χ3n) is 2.69. The highest BCUT2D eigenvalue weighted by atomic mass is 15.1. The second-order valence-electron chi connectivity index (χ2n) is 4.75. The molecule has 0 radical (unpaired) electrons. The molecule has 0 aliphatic heterocycles. The summed E-state index contributed by atoms with van der Waals surface area (Å²) in [7, 11) is 2.21. The van der Waals surface area contributed by atoms with Gasteiger partial charge in [0.2, 0.25) is 0 Å². The lowest BCUT2D eigenvalue weighted by Crippen LogP contribution is -2.34. The van der Waals surface area contributed by atoms with Crippen LogP contribution in [0.1, 0.15) is 40.5 Å². The predicted molar refractivity (Wildman–Crippen MR) is 64.7 cm³/mol. The van der Waals surface area contributed by atoms with E-state index >= 15 is 0 Å². The monoisotopic (exact) mass is 200 g/mol. The normalized spacial score (nSPS) is 13.9. The summed E-state index contributed by atoms with van der Waals surface area (Å²) in [5, 5.41) is 3.51. The molecule has 14 heavy (non-hydrogen) atoms. The Balaban J connectivity index is 3.30. The van der Waals surface area contributed by atoms with E-state index < -0.39 is 0 Å². The highest BCUT2D eigenvalue weighted by molar-refractivity contribution is 4.60. The van der Waals surface area contributed by atoms with E-state index in [1.807, 2.05) is 0 Å². The molecule has 0 spiro atoms. The number of rotatable bonds is 8. The molecule has 0 bridgehead atoms. The van der Waals surface area contributed by atoms with Crippen molar-refractivity contribution >= 4 is 0 Å². The number of likely N-dealkylation sites (N-methyl/N-ethyl adjacent to an activating group) is 1. The molecule has 0 aromatic carbocycles. The first-order valence-corrected chi connectivity index (χ1v) is 5.98. The topological polar surface area (TPSA) is 15.3 Å². The molecule has 86 valence electrons. The summed E-state index contributed by atoms with van der Waals surface area (Å²) in [6, 6.07) is 0.661. The SMILES string of the molecule is CCC(C)NCCN(C)CCC(C)C. The first-order valence-electron chi connectivity index (χ1n) is 5.98. The number of nitrogens with one attached hydrogen (secondary N) is 1. The zero-order valence-corrected chi connectivity index (χ0v) is 10.6. The molecule has 1 atom stereocenters. The fourth-order valence-corrected chi connectivity index (χ4v) is 1.24. The van der Waals surface area contributed by atoms with Crippen LogP contribution < -0.4 is 5.32 Å². The van der Waals surface area contributed by atoms with Gasteiger partial charge in [0.05, 0.1) is 0 Å². The van der Waals surface area contributed by atoms with Gasteiger partial charge in [0, 0.05) is 19.1 Å². The third-order valence-corrected chi connectivity index (χ3v) is 2.69. The number of hydrogen-bond donors (Lipinski definition) is 1. The van der Waals surface area contributed by atoms with Gasteiger partial charge in [-0.1, -0.05) is 20.8 Å². The quantitative estimate of drug-likeness (QED) is 0.647. The van der Waals surface area contributed by atoms with Gasteiger partial charge >= 0.3 is 0 Å². The van der Waals surface area contributed by atoms with Crippen LogP contribution in [0.5, 0.6) is 0 Å². The Morgan fingerprint density at radius 1 is 1.14 bits per heavy atom. The van der Waals surface area contributed by atoms with Crippen molar-refractivity contribution in [3.8, 4) is 0 Å².